The summed E-state index contributed by atoms with van der Waals surface area (Å²) in [6.07, 6.45) is 5.93. The molecule has 1 unspecified atom stereocenters. The lowest BCUT2D eigenvalue weighted by atomic mass is 9.92. The Morgan fingerprint density at radius 1 is 1.50 bits per heavy atom. The predicted octanol–water partition coefficient (Wildman–Crippen LogP) is 2.53. The minimum absolute atomic E-state index is 0.798. The molecule has 0 aromatic heterocycles. The Morgan fingerprint density at radius 2 is 2.38 bits per heavy atom. The Bertz CT molecular complexity index is 346. The number of piperidine rings is 1. The van der Waals surface area contributed by atoms with Crippen LogP contribution in [0.25, 0.3) is 0 Å². The molecule has 0 saturated carbocycles. The first-order valence-corrected chi connectivity index (χ1v) is 7.15. The van der Waals surface area contributed by atoms with Gasteiger partial charge in [-0.3, -0.25) is 0 Å². The minimum Gasteiger partial charge on any atom is -0.398 e. The fraction of sp³-hybridized carbons (Fsp3) is 0.538. The first-order valence-electron chi connectivity index (χ1n) is 5.92. The summed E-state index contributed by atoms with van der Waals surface area (Å²) >= 11 is 1.73. The number of benzene rings is 1. The zero-order valence-corrected chi connectivity index (χ0v) is 10.6. The molecular weight excluding hydrogens is 216 g/mol. The molecule has 3 N–H and O–H groups in total. The summed E-state index contributed by atoms with van der Waals surface area (Å²) in [6, 6.07) is 6.45. The molecule has 1 aromatic carbocycles. The second-order valence-corrected chi connectivity index (χ2v) is 5.34. The highest BCUT2D eigenvalue weighted by Crippen LogP contribution is 2.26. The van der Waals surface area contributed by atoms with E-state index < -0.39 is 0 Å². The molecule has 1 aliphatic heterocycles. The SMILES string of the molecule is CSc1cc(CC2CCCNC2)ccc1N. The Hall–Kier alpha value is -0.670. The molecule has 0 aliphatic carbocycles. The molecular formula is C13H20N2S. The molecule has 1 heterocycles. The third kappa shape index (κ3) is 2.92. The van der Waals surface area contributed by atoms with Gasteiger partial charge in [-0.05, 0) is 62.2 Å². The first-order chi connectivity index (χ1) is 7.79. The van der Waals surface area contributed by atoms with Gasteiger partial charge in [0.15, 0.2) is 0 Å². The van der Waals surface area contributed by atoms with Gasteiger partial charge >= 0.3 is 0 Å². The zero-order valence-electron chi connectivity index (χ0n) is 9.83. The smallest absolute Gasteiger partial charge is 0.0452 e. The number of hydrogen-bond acceptors (Lipinski definition) is 3. The molecule has 2 nitrogen and oxygen atoms in total. The van der Waals surface area contributed by atoms with E-state index in [0.29, 0.717) is 0 Å². The lowest BCUT2D eigenvalue weighted by molar-refractivity contribution is 0.376. The van der Waals surface area contributed by atoms with Crippen molar-refractivity contribution >= 4 is 17.4 Å². The van der Waals surface area contributed by atoms with Crippen LogP contribution in [0.5, 0.6) is 0 Å². The quantitative estimate of drug-likeness (QED) is 0.625. The maximum absolute atomic E-state index is 5.90. The number of thioether (sulfide) groups is 1. The van der Waals surface area contributed by atoms with Gasteiger partial charge in [-0.25, -0.2) is 0 Å². The maximum Gasteiger partial charge on any atom is 0.0452 e. The van der Waals surface area contributed by atoms with Crippen molar-refractivity contribution in [1.29, 1.82) is 0 Å². The molecule has 1 aromatic rings. The monoisotopic (exact) mass is 236 g/mol. The van der Waals surface area contributed by atoms with Crippen molar-refractivity contribution < 1.29 is 0 Å². The summed E-state index contributed by atoms with van der Waals surface area (Å²) in [5, 5.41) is 3.47. The third-order valence-electron chi connectivity index (χ3n) is 3.22. The Kier molecular flexibility index (Phi) is 4.13. The molecule has 0 bridgehead atoms. The number of nitrogen functional groups attached to an aromatic ring is 1. The topological polar surface area (TPSA) is 38.0 Å². The van der Waals surface area contributed by atoms with Gasteiger partial charge in [0.1, 0.15) is 0 Å². The summed E-state index contributed by atoms with van der Waals surface area (Å²) < 4.78 is 0. The Balaban J connectivity index is 2.03. The van der Waals surface area contributed by atoms with E-state index >= 15 is 0 Å². The van der Waals surface area contributed by atoms with Gasteiger partial charge in [0.05, 0.1) is 0 Å². The van der Waals surface area contributed by atoms with Crippen LogP contribution in [0.1, 0.15) is 18.4 Å². The molecule has 1 aliphatic rings. The van der Waals surface area contributed by atoms with Crippen LogP contribution in [0.2, 0.25) is 0 Å². The van der Waals surface area contributed by atoms with Gasteiger partial charge < -0.3 is 11.1 Å². The van der Waals surface area contributed by atoms with Gasteiger partial charge in [0.2, 0.25) is 0 Å². The van der Waals surface area contributed by atoms with Crippen LogP contribution < -0.4 is 11.1 Å². The van der Waals surface area contributed by atoms with Crippen molar-refractivity contribution in [3.63, 3.8) is 0 Å². The molecule has 0 radical (unpaired) electrons. The highest BCUT2D eigenvalue weighted by atomic mass is 32.2. The number of nitrogens with two attached hydrogens (primary N) is 1. The van der Waals surface area contributed by atoms with Crippen molar-refractivity contribution in [2.45, 2.75) is 24.2 Å². The van der Waals surface area contributed by atoms with E-state index in [1.165, 1.54) is 42.8 Å². The second kappa shape index (κ2) is 5.60. The number of anilines is 1. The predicted molar refractivity (Wildman–Crippen MR) is 71.9 cm³/mol. The van der Waals surface area contributed by atoms with Crippen LogP contribution in [0.4, 0.5) is 5.69 Å². The van der Waals surface area contributed by atoms with Crippen molar-refractivity contribution in [3.8, 4) is 0 Å². The minimum atomic E-state index is 0.798. The lowest BCUT2D eigenvalue weighted by Gasteiger charge is -2.23. The lowest BCUT2D eigenvalue weighted by Crippen LogP contribution is -2.30. The summed E-state index contributed by atoms with van der Waals surface area (Å²) in [4.78, 5) is 1.21. The zero-order chi connectivity index (χ0) is 11.4. The van der Waals surface area contributed by atoms with Crippen LogP contribution in [0.15, 0.2) is 23.1 Å². The fourth-order valence-electron chi connectivity index (χ4n) is 2.31. The van der Waals surface area contributed by atoms with Crippen molar-refractivity contribution in [2.75, 3.05) is 25.1 Å². The van der Waals surface area contributed by atoms with Crippen molar-refractivity contribution in [2.24, 2.45) is 5.92 Å². The largest absolute Gasteiger partial charge is 0.398 e. The molecule has 0 amide bonds. The second-order valence-electron chi connectivity index (χ2n) is 4.49. The van der Waals surface area contributed by atoms with Crippen LogP contribution in [-0.4, -0.2) is 19.3 Å². The molecule has 2 rings (SSSR count). The summed E-state index contributed by atoms with van der Waals surface area (Å²) in [5.74, 6) is 0.798. The van der Waals surface area contributed by atoms with Crippen LogP contribution >= 0.6 is 11.8 Å². The van der Waals surface area contributed by atoms with Crippen molar-refractivity contribution in [1.82, 2.24) is 5.32 Å². The Morgan fingerprint density at radius 3 is 3.06 bits per heavy atom. The molecule has 1 fully saturated rings. The molecule has 1 atom stereocenters. The summed E-state index contributed by atoms with van der Waals surface area (Å²) in [6.45, 7) is 2.35. The number of hydrogen-bond donors (Lipinski definition) is 2. The van der Waals surface area contributed by atoms with Gasteiger partial charge in [-0.1, -0.05) is 6.07 Å². The molecule has 3 heteroatoms. The van der Waals surface area contributed by atoms with Crippen LogP contribution in [0.3, 0.4) is 0 Å². The molecule has 88 valence electrons. The van der Waals surface area contributed by atoms with E-state index in [0.717, 1.165) is 11.6 Å². The summed E-state index contributed by atoms with van der Waals surface area (Å²) in [5.41, 5.74) is 8.22. The summed E-state index contributed by atoms with van der Waals surface area (Å²) in [7, 11) is 0. The normalized spacial score (nSPS) is 20.9. The average Bonchev–Trinajstić information content (AvgIpc) is 2.33. The highest BCUT2D eigenvalue weighted by molar-refractivity contribution is 7.98. The molecule has 1 saturated heterocycles. The van der Waals surface area contributed by atoms with E-state index in [2.05, 4.69) is 23.7 Å². The van der Waals surface area contributed by atoms with E-state index in [4.69, 9.17) is 5.73 Å². The first kappa shape index (κ1) is 11.8. The van der Waals surface area contributed by atoms with Crippen LogP contribution in [-0.2, 0) is 6.42 Å². The van der Waals surface area contributed by atoms with E-state index in [-0.39, 0.29) is 0 Å². The van der Waals surface area contributed by atoms with Gasteiger partial charge in [-0.15, -0.1) is 11.8 Å². The highest BCUT2D eigenvalue weighted by Gasteiger charge is 2.13. The standard InChI is InChI=1S/C13H20N2S/c1-16-13-8-10(4-5-12(13)14)7-11-3-2-6-15-9-11/h4-5,8,11,15H,2-3,6-7,9,14H2,1H3. The van der Waals surface area contributed by atoms with Crippen molar-refractivity contribution in [3.05, 3.63) is 23.8 Å². The molecule has 16 heavy (non-hydrogen) atoms. The third-order valence-corrected chi connectivity index (χ3v) is 4.01. The average molecular weight is 236 g/mol. The van der Waals surface area contributed by atoms with Gasteiger partial charge in [0, 0.05) is 10.6 Å². The van der Waals surface area contributed by atoms with Gasteiger partial charge in [-0.2, -0.15) is 0 Å². The van der Waals surface area contributed by atoms with E-state index in [9.17, 15) is 0 Å². The van der Waals surface area contributed by atoms with Gasteiger partial charge in [0.25, 0.3) is 0 Å². The van der Waals surface area contributed by atoms with E-state index in [1.807, 2.05) is 6.07 Å². The van der Waals surface area contributed by atoms with E-state index in [1.54, 1.807) is 11.8 Å². The fourth-order valence-corrected chi connectivity index (χ4v) is 2.89. The Labute approximate surface area is 102 Å². The maximum atomic E-state index is 5.90. The number of rotatable bonds is 3. The molecule has 0 spiro atoms. The number of nitrogens with one attached hydrogen (secondary N) is 1. The van der Waals surface area contributed by atoms with Crippen LogP contribution in [0, 0.1) is 5.92 Å².